The van der Waals surface area contributed by atoms with E-state index in [1.54, 1.807) is 31.3 Å². The maximum Gasteiger partial charge on any atom is 0.397 e. The zero-order valence-corrected chi connectivity index (χ0v) is 17.1. The highest BCUT2D eigenvalue weighted by Crippen LogP contribution is 2.38. The normalized spacial score (nSPS) is 10.4. The molecule has 2 aromatic heterocycles. The number of halogens is 1. The monoisotopic (exact) mass is 431 g/mol. The molecule has 1 N–H and O–H groups in total. The van der Waals surface area contributed by atoms with Gasteiger partial charge in [-0.3, -0.25) is 9.78 Å². The van der Waals surface area contributed by atoms with Crippen LogP contribution >= 0.6 is 11.6 Å². The summed E-state index contributed by atoms with van der Waals surface area (Å²) in [5, 5.41) is 3.15. The smallest absolute Gasteiger partial charge is 0.397 e. The average molecular weight is 432 g/mol. The highest BCUT2D eigenvalue weighted by atomic mass is 35.5. The molecule has 0 unspecified atom stereocenters. The molecule has 10 heteroatoms. The van der Waals surface area contributed by atoms with E-state index in [0.29, 0.717) is 28.2 Å². The third-order valence-corrected chi connectivity index (χ3v) is 4.21. The Kier molecular flexibility index (Phi) is 6.53. The van der Waals surface area contributed by atoms with Crippen molar-refractivity contribution in [2.75, 3.05) is 26.1 Å². The van der Waals surface area contributed by atoms with Gasteiger partial charge in [0.2, 0.25) is 5.88 Å². The third kappa shape index (κ3) is 4.52. The van der Waals surface area contributed by atoms with Crippen LogP contribution in [0.4, 0.5) is 5.69 Å². The molecular weight excluding hydrogens is 414 g/mol. The van der Waals surface area contributed by atoms with Gasteiger partial charge in [-0.1, -0.05) is 11.6 Å². The molecule has 0 radical (unpaired) electrons. The Balaban J connectivity index is 1.87. The lowest BCUT2D eigenvalue weighted by Crippen LogP contribution is -2.25. The summed E-state index contributed by atoms with van der Waals surface area (Å²) in [7, 11) is 3.07. The second-order valence-electron chi connectivity index (χ2n) is 5.82. The molecule has 0 bridgehead atoms. The number of aromatic nitrogens is 2. The van der Waals surface area contributed by atoms with Gasteiger partial charge in [0, 0.05) is 17.6 Å². The zero-order chi connectivity index (χ0) is 21.7. The van der Waals surface area contributed by atoms with Gasteiger partial charge in [0.05, 0.1) is 38.2 Å². The maximum atomic E-state index is 11.7. The summed E-state index contributed by atoms with van der Waals surface area (Å²) in [4.78, 5) is 31.6. The zero-order valence-electron chi connectivity index (χ0n) is 16.4. The van der Waals surface area contributed by atoms with Gasteiger partial charge in [-0.15, -0.1) is 0 Å². The highest BCUT2D eigenvalue weighted by molar-refractivity contribution is 6.37. The Morgan fingerprint density at radius 3 is 2.47 bits per heavy atom. The third-order valence-electron chi connectivity index (χ3n) is 3.94. The number of amides is 1. The lowest BCUT2D eigenvalue weighted by Gasteiger charge is -2.13. The minimum atomic E-state index is -0.999. The van der Waals surface area contributed by atoms with Crippen LogP contribution in [0.5, 0.6) is 23.1 Å². The van der Waals surface area contributed by atoms with E-state index < -0.39 is 11.9 Å². The van der Waals surface area contributed by atoms with Gasteiger partial charge in [0.15, 0.2) is 11.5 Å². The summed E-state index contributed by atoms with van der Waals surface area (Å²) >= 11 is 6.25. The Morgan fingerprint density at radius 1 is 1.07 bits per heavy atom. The van der Waals surface area contributed by atoms with Crippen molar-refractivity contribution in [3.8, 4) is 23.1 Å². The molecular formula is C20H18ClN3O6. The van der Waals surface area contributed by atoms with Crippen LogP contribution in [-0.2, 0) is 14.3 Å². The maximum absolute atomic E-state index is 11.7. The van der Waals surface area contributed by atoms with E-state index in [-0.39, 0.29) is 23.2 Å². The van der Waals surface area contributed by atoms with Crippen molar-refractivity contribution in [2.24, 2.45) is 0 Å². The van der Waals surface area contributed by atoms with Gasteiger partial charge < -0.3 is 24.3 Å². The summed E-state index contributed by atoms with van der Waals surface area (Å²) in [6, 6.07) is 6.53. The van der Waals surface area contributed by atoms with Crippen LogP contribution in [0.2, 0.25) is 5.02 Å². The quantitative estimate of drug-likeness (QED) is 0.465. The Morgan fingerprint density at radius 2 is 1.80 bits per heavy atom. The Labute approximate surface area is 176 Å². The van der Waals surface area contributed by atoms with E-state index >= 15 is 0 Å². The molecule has 30 heavy (non-hydrogen) atoms. The number of esters is 1. The van der Waals surface area contributed by atoms with Crippen molar-refractivity contribution < 1.29 is 28.5 Å². The number of nitrogens with one attached hydrogen (secondary N) is 1. The number of nitrogens with zero attached hydrogens (tertiary/aromatic N) is 2. The number of carbonyl (C=O) groups is 2. The predicted octanol–water partition coefficient (Wildman–Crippen LogP) is 3.59. The molecule has 0 fully saturated rings. The largest absolute Gasteiger partial charge is 0.493 e. The van der Waals surface area contributed by atoms with E-state index in [1.165, 1.54) is 26.5 Å². The van der Waals surface area contributed by atoms with E-state index in [0.717, 1.165) is 0 Å². The second kappa shape index (κ2) is 9.27. The molecule has 0 spiro atoms. The van der Waals surface area contributed by atoms with Crippen LogP contribution in [-0.4, -0.2) is 42.7 Å². The van der Waals surface area contributed by atoms with E-state index in [9.17, 15) is 9.59 Å². The fourth-order valence-electron chi connectivity index (χ4n) is 2.59. The number of carbonyl (C=O) groups excluding carboxylic acids is 2. The van der Waals surface area contributed by atoms with Crippen LogP contribution < -0.4 is 19.5 Å². The molecule has 0 aliphatic carbocycles. The first-order valence-corrected chi connectivity index (χ1v) is 9.16. The molecule has 3 rings (SSSR count). The first-order valence-electron chi connectivity index (χ1n) is 8.79. The summed E-state index contributed by atoms with van der Waals surface area (Å²) in [5.74, 6) is -0.329. The number of anilines is 1. The van der Waals surface area contributed by atoms with Gasteiger partial charge in [0.1, 0.15) is 10.8 Å². The van der Waals surface area contributed by atoms with Crippen molar-refractivity contribution >= 4 is 40.1 Å². The van der Waals surface area contributed by atoms with Crippen LogP contribution in [0, 0.1) is 0 Å². The molecule has 0 atom stereocenters. The fourth-order valence-corrected chi connectivity index (χ4v) is 2.79. The number of hydrogen-bond acceptors (Lipinski definition) is 8. The van der Waals surface area contributed by atoms with E-state index in [4.69, 9.17) is 25.8 Å². The number of hydrogen-bond donors (Lipinski definition) is 1. The summed E-state index contributed by atoms with van der Waals surface area (Å²) in [6.45, 7) is 1.69. The van der Waals surface area contributed by atoms with Gasteiger partial charge >= 0.3 is 11.9 Å². The van der Waals surface area contributed by atoms with Gasteiger partial charge in [-0.25, -0.2) is 9.78 Å². The van der Waals surface area contributed by atoms with Crippen LogP contribution in [0.3, 0.4) is 0 Å². The van der Waals surface area contributed by atoms with Crippen molar-refractivity contribution in [3.05, 3.63) is 41.7 Å². The van der Waals surface area contributed by atoms with Crippen molar-refractivity contribution in [1.82, 2.24) is 9.97 Å². The van der Waals surface area contributed by atoms with Crippen molar-refractivity contribution in [3.63, 3.8) is 0 Å². The number of pyridine rings is 2. The molecule has 1 aromatic carbocycles. The second-order valence-corrected chi connectivity index (χ2v) is 6.23. The SMILES string of the molecule is CCOC(=O)C(=O)Nc1cnc(Oc2ccnc3cc(OC)c(OC)cc23)c(Cl)c1. The topological polar surface area (TPSA) is 109 Å². The lowest BCUT2D eigenvalue weighted by molar-refractivity contribution is -0.152. The summed E-state index contributed by atoms with van der Waals surface area (Å²) in [5.41, 5.74) is 0.844. The standard InChI is InChI=1S/C20H18ClN3O6/c1-4-29-20(26)18(25)24-11-7-13(21)19(23-10-11)30-15-5-6-22-14-9-17(28-3)16(27-2)8-12(14)15/h5-10H,4H2,1-3H3,(H,24,25). The molecule has 2 heterocycles. The first kappa shape index (κ1) is 21.1. The molecule has 0 aliphatic heterocycles. The molecule has 0 saturated heterocycles. The average Bonchev–Trinajstić information content (AvgIpc) is 2.74. The predicted molar refractivity (Wildman–Crippen MR) is 109 cm³/mol. The number of benzene rings is 1. The van der Waals surface area contributed by atoms with Crippen LogP contribution in [0.25, 0.3) is 10.9 Å². The molecule has 9 nitrogen and oxygen atoms in total. The number of methoxy groups -OCH3 is 2. The molecule has 3 aromatic rings. The fraction of sp³-hybridized carbons (Fsp3) is 0.200. The van der Waals surface area contributed by atoms with Gasteiger partial charge in [-0.05, 0) is 25.1 Å². The summed E-state index contributed by atoms with van der Waals surface area (Å²) in [6.07, 6.45) is 2.89. The number of rotatable bonds is 6. The van der Waals surface area contributed by atoms with Gasteiger partial charge in [0.25, 0.3) is 0 Å². The first-order chi connectivity index (χ1) is 14.5. The van der Waals surface area contributed by atoms with Crippen molar-refractivity contribution in [2.45, 2.75) is 6.92 Å². The highest BCUT2D eigenvalue weighted by Gasteiger charge is 2.17. The number of fused-ring (bicyclic) bond motifs is 1. The van der Waals surface area contributed by atoms with Gasteiger partial charge in [-0.2, -0.15) is 0 Å². The molecule has 0 aliphatic rings. The van der Waals surface area contributed by atoms with Crippen LogP contribution in [0.15, 0.2) is 36.7 Å². The number of ether oxygens (including phenoxy) is 4. The summed E-state index contributed by atoms with van der Waals surface area (Å²) < 4.78 is 21.1. The minimum Gasteiger partial charge on any atom is -0.493 e. The molecule has 0 saturated carbocycles. The Bertz CT molecular complexity index is 1110. The van der Waals surface area contributed by atoms with Crippen molar-refractivity contribution in [1.29, 1.82) is 0 Å². The van der Waals surface area contributed by atoms with E-state index in [1.807, 2.05) is 0 Å². The molecule has 1 amide bonds. The Hall–Kier alpha value is -3.59. The minimum absolute atomic E-state index is 0.0919. The molecule has 156 valence electrons. The lowest BCUT2D eigenvalue weighted by atomic mass is 10.2. The van der Waals surface area contributed by atoms with E-state index in [2.05, 4.69) is 20.0 Å². The van der Waals surface area contributed by atoms with Crippen LogP contribution in [0.1, 0.15) is 6.92 Å².